The molecule has 1 saturated carbocycles. The van der Waals surface area contributed by atoms with Crippen LogP contribution in [0, 0.1) is 0 Å². The standard InChI is InChI=1S/C16H19N3S/c17-9-14-15(12-5-6-12)18-16(20-14)19-8-7-11-3-1-2-4-13(11)10-19/h1-4,12H,5-10,17H2. The van der Waals surface area contributed by atoms with Crippen LogP contribution in [0.25, 0.3) is 0 Å². The SMILES string of the molecule is NCc1sc(N2CCc3ccccc3C2)nc1C1CC1. The van der Waals surface area contributed by atoms with Crippen molar-refractivity contribution in [3.8, 4) is 0 Å². The van der Waals surface area contributed by atoms with Crippen LogP contribution in [-0.4, -0.2) is 11.5 Å². The zero-order valence-electron chi connectivity index (χ0n) is 11.5. The van der Waals surface area contributed by atoms with Gasteiger partial charge in [-0.2, -0.15) is 0 Å². The van der Waals surface area contributed by atoms with Crippen LogP contribution in [-0.2, 0) is 19.5 Å². The molecule has 0 radical (unpaired) electrons. The number of hydrogen-bond donors (Lipinski definition) is 1. The first-order valence-corrected chi connectivity index (χ1v) is 8.18. The van der Waals surface area contributed by atoms with E-state index in [0.29, 0.717) is 12.5 Å². The van der Waals surface area contributed by atoms with E-state index in [1.165, 1.54) is 39.7 Å². The molecule has 1 aromatic heterocycles. The summed E-state index contributed by atoms with van der Waals surface area (Å²) in [5, 5.41) is 1.17. The van der Waals surface area contributed by atoms with E-state index in [9.17, 15) is 0 Å². The maximum atomic E-state index is 5.89. The summed E-state index contributed by atoms with van der Waals surface area (Å²) in [6, 6.07) is 8.75. The second-order valence-corrected chi connectivity index (χ2v) is 6.79. The number of benzene rings is 1. The van der Waals surface area contributed by atoms with Crippen LogP contribution in [0.4, 0.5) is 5.13 Å². The Labute approximate surface area is 123 Å². The first-order chi connectivity index (χ1) is 9.85. The number of thiazole rings is 1. The number of fused-ring (bicyclic) bond motifs is 1. The highest BCUT2D eigenvalue weighted by molar-refractivity contribution is 7.15. The van der Waals surface area contributed by atoms with Crippen molar-refractivity contribution < 1.29 is 0 Å². The third-order valence-corrected chi connectivity index (χ3v) is 5.42. The molecule has 1 aliphatic heterocycles. The summed E-state index contributed by atoms with van der Waals surface area (Å²) in [6.45, 7) is 2.68. The Hall–Kier alpha value is -1.39. The molecule has 0 spiro atoms. The van der Waals surface area contributed by atoms with Crippen LogP contribution in [0.3, 0.4) is 0 Å². The molecule has 1 fully saturated rings. The van der Waals surface area contributed by atoms with Crippen molar-refractivity contribution in [3.63, 3.8) is 0 Å². The highest BCUT2D eigenvalue weighted by Gasteiger charge is 2.30. The van der Waals surface area contributed by atoms with Crippen LogP contribution in [0.2, 0.25) is 0 Å². The van der Waals surface area contributed by atoms with E-state index >= 15 is 0 Å². The van der Waals surface area contributed by atoms with Gasteiger partial charge >= 0.3 is 0 Å². The van der Waals surface area contributed by atoms with Crippen LogP contribution >= 0.6 is 11.3 Å². The zero-order chi connectivity index (χ0) is 13.5. The maximum absolute atomic E-state index is 5.89. The van der Waals surface area contributed by atoms with Crippen LogP contribution < -0.4 is 10.6 Å². The predicted octanol–water partition coefficient (Wildman–Crippen LogP) is 3.04. The normalized spacial score (nSPS) is 18.1. The third-order valence-electron chi connectivity index (χ3n) is 4.27. The minimum atomic E-state index is 0.633. The first-order valence-electron chi connectivity index (χ1n) is 7.36. The van der Waals surface area contributed by atoms with Crippen molar-refractivity contribution in [1.82, 2.24) is 4.98 Å². The van der Waals surface area contributed by atoms with Gasteiger partial charge in [-0.05, 0) is 30.4 Å². The number of rotatable bonds is 3. The summed E-state index contributed by atoms with van der Waals surface area (Å²) in [7, 11) is 0. The summed E-state index contributed by atoms with van der Waals surface area (Å²) in [5.41, 5.74) is 10.1. The quantitative estimate of drug-likeness (QED) is 0.942. The topological polar surface area (TPSA) is 42.1 Å². The molecule has 0 saturated heterocycles. The molecule has 4 heteroatoms. The lowest BCUT2D eigenvalue weighted by molar-refractivity contribution is 0.726. The van der Waals surface area contributed by atoms with Gasteiger partial charge in [-0.1, -0.05) is 24.3 Å². The van der Waals surface area contributed by atoms with Crippen molar-refractivity contribution in [1.29, 1.82) is 0 Å². The Balaban J connectivity index is 1.62. The maximum Gasteiger partial charge on any atom is 0.186 e. The Kier molecular flexibility index (Phi) is 3.00. The van der Waals surface area contributed by atoms with Gasteiger partial charge in [0.05, 0.1) is 5.69 Å². The summed E-state index contributed by atoms with van der Waals surface area (Å²) < 4.78 is 0. The van der Waals surface area contributed by atoms with Gasteiger partial charge in [0.25, 0.3) is 0 Å². The molecule has 2 heterocycles. The van der Waals surface area contributed by atoms with E-state index in [2.05, 4.69) is 29.2 Å². The third kappa shape index (κ3) is 2.13. The molecule has 2 aromatic rings. The molecule has 0 amide bonds. The van der Waals surface area contributed by atoms with Crippen LogP contribution in [0.5, 0.6) is 0 Å². The molecule has 20 heavy (non-hydrogen) atoms. The van der Waals surface area contributed by atoms with E-state index in [4.69, 9.17) is 10.7 Å². The van der Waals surface area contributed by atoms with Gasteiger partial charge in [-0.25, -0.2) is 4.98 Å². The van der Waals surface area contributed by atoms with Gasteiger partial charge in [0.15, 0.2) is 5.13 Å². The van der Waals surface area contributed by atoms with Crippen molar-refractivity contribution >= 4 is 16.5 Å². The fourth-order valence-corrected chi connectivity index (χ4v) is 4.02. The van der Waals surface area contributed by atoms with E-state index in [-0.39, 0.29) is 0 Å². The fraction of sp³-hybridized carbons (Fsp3) is 0.438. The summed E-state index contributed by atoms with van der Waals surface area (Å²) >= 11 is 1.80. The van der Waals surface area contributed by atoms with E-state index in [0.717, 1.165) is 19.5 Å². The molecule has 0 bridgehead atoms. The van der Waals surface area contributed by atoms with E-state index in [1.807, 2.05) is 0 Å². The molecular weight excluding hydrogens is 266 g/mol. The Bertz CT molecular complexity index is 630. The summed E-state index contributed by atoms with van der Waals surface area (Å²) in [6.07, 6.45) is 3.70. The molecule has 1 aliphatic carbocycles. The summed E-state index contributed by atoms with van der Waals surface area (Å²) in [5.74, 6) is 0.690. The van der Waals surface area contributed by atoms with E-state index < -0.39 is 0 Å². The fourth-order valence-electron chi connectivity index (χ4n) is 2.97. The number of anilines is 1. The van der Waals surface area contributed by atoms with Crippen LogP contribution in [0.1, 0.15) is 40.5 Å². The Morgan fingerprint density at radius 2 is 2.05 bits per heavy atom. The number of nitrogens with two attached hydrogens (primary N) is 1. The van der Waals surface area contributed by atoms with Gasteiger partial charge in [0.2, 0.25) is 0 Å². The van der Waals surface area contributed by atoms with Crippen molar-refractivity contribution in [2.45, 2.75) is 38.3 Å². The lowest BCUT2D eigenvalue weighted by Gasteiger charge is -2.28. The minimum Gasteiger partial charge on any atom is -0.343 e. The predicted molar refractivity (Wildman–Crippen MR) is 83.2 cm³/mol. The number of aromatic nitrogens is 1. The smallest absolute Gasteiger partial charge is 0.186 e. The number of hydrogen-bond acceptors (Lipinski definition) is 4. The molecule has 0 unspecified atom stereocenters. The largest absolute Gasteiger partial charge is 0.343 e. The lowest BCUT2D eigenvalue weighted by Crippen LogP contribution is -2.30. The molecule has 4 rings (SSSR count). The molecule has 2 N–H and O–H groups in total. The Morgan fingerprint density at radius 1 is 1.25 bits per heavy atom. The molecule has 1 aromatic carbocycles. The molecule has 3 nitrogen and oxygen atoms in total. The van der Waals surface area contributed by atoms with Crippen LogP contribution in [0.15, 0.2) is 24.3 Å². The number of nitrogens with zero attached hydrogens (tertiary/aromatic N) is 2. The van der Waals surface area contributed by atoms with E-state index in [1.54, 1.807) is 11.3 Å². The van der Waals surface area contributed by atoms with Gasteiger partial charge in [-0.15, -0.1) is 11.3 Å². The van der Waals surface area contributed by atoms with Crippen molar-refractivity contribution in [2.75, 3.05) is 11.4 Å². The average molecular weight is 285 g/mol. The molecule has 2 aliphatic rings. The molecular formula is C16H19N3S. The average Bonchev–Trinajstić information content (AvgIpc) is 3.26. The lowest BCUT2D eigenvalue weighted by atomic mass is 10.0. The second kappa shape index (κ2) is 4.86. The van der Waals surface area contributed by atoms with Crippen molar-refractivity contribution in [3.05, 3.63) is 46.0 Å². The van der Waals surface area contributed by atoms with Gasteiger partial charge in [0, 0.05) is 30.4 Å². The monoisotopic (exact) mass is 285 g/mol. The molecule has 0 atom stereocenters. The van der Waals surface area contributed by atoms with Gasteiger partial charge in [0.1, 0.15) is 0 Å². The Morgan fingerprint density at radius 3 is 2.80 bits per heavy atom. The first kappa shape index (κ1) is 12.4. The molecule has 104 valence electrons. The highest BCUT2D eigenvalue weighted by atomic mass is 32.1. The van der Waals surface area contributed by atoms with Gasteiger partial charge < -0.3 is 10.6 Å². The van der Waals surface area contributed by atoms with Crippen molar-refractivity contribution in [2.24, 2.45) is 5.73 Å². The highest BCUT2D eigenvalue weighted by Crippen LogP contribution is 2.44. The minimum absolute atomic E-state index is 0.633. The second-order valence-electron chi connectivity index (χ2n) is 5.72. The zero-order valence-corrected chi connectivity index (χ0v) is 12.3. The summed E-state index contributed by atoms with van der Waals surface area (Å²) in [4.78, 5) is 8.61. The van der Waals surface area contributed by atoms with Gasteiger partial charge in [-0.3, -0.25) is 0 Å².